The first kappa shape index (κ1) is 13.1. The first-order valence-electron chi connectivity index (χ1n) is 7.16. The molecule has 0 saturated heterocycles. The van der Waals surface area contributed by atoms with Crippen molar-refractivity contribution < 1.29 is 9.90 Å². The van der Waals surface area contributed by atoms with E-state index in [1.165, 1.54) is 0 Å². The summed E-state index contributed by atoms with van der Waals surface area (Å²) in [6.45, 7) is 6.11. The third-order valence-electron chi connectivity index (χ3n) is 4.43. The summed E-state index contributed by atoms with van der Waals surface area (Å²) in [4.78, 5) is 16.7. The van der Waals surface area contributed by atoms with Crippen LogP contribution in [0.3, 0.4) is 0 Å². The van der Waals surface area contributed by atoms with E-state index >= 15 is 0 Å². The number of carboxylic acid groups (broad SMARTS) is 1. The molecular formula is C17H19NO2. The average molecular weight is 269 g/mol. The second-order valence-electron chi connectivity index (χ2n) is 5.87. The molecule has 104 valence electrons. The van der Waals surface area contributed by atoms with Crippen LogP contribution in [0.2, 0.25) is 0 Å². The molecule has 20 heavy (non-hydrogen) atoms. The van der Waals surface area contributed by atoms with Gasteiger partial charge >= 0.3 is 5.97 Å². The van der Waals surface area contributed by atoms with Crippen LogP contribution in [0.1, 0.15) is 58.4 Å². The molecule has 1 heterocycles. The van der Waals surface area contributed by atoms with Gasteiger partial charge < -0.3 is 5.11 Å². The van der Waals surface area contributed by atoms with Gasteiger partial charge in [-0.1, -0.05) is 19.1 Å². The van der Waals surface area contributed by atoms with Crippen LogP contribution in [0, 0.1) is 13.8 Å². The zero-order chi connectivity index (χ0) is 14.4. The number of fused-ring (bicyclic) bond motifs is 2. The Balaban J connectivity index is 2.51. The molecule has 1 aliphatic rings. The molecule has 2 aromatic rings. The predicted octanol–water partition coefficient (Wildman–Crippen LogP) is 3.99. The highest BCUT2D eigenvalue weighted by Gasteiger charge is 2.27. The van der Waals surface area contributed by atoms with Gasteiger partial charge in [-0.05, 0) is 55.7 Å². The van der Waals surface area contributed by atoms with E-state index in [1.54, 1.807) is 0 Å². The Labute approximate surface area is 118 Å². The second kappa shape index (κ2) is 4.58. The molecular weight excluding hydrogens is 250 g/mol. The summed E-state index contributed by atoms with van der Waals surface area (Å²) in [5.41, 5.74) is 5.34. The van der Waals surface area contributed by atoms with E-state index in [9.17, 15) is 9.90 Å². The third kappa shape index (κ3) is 1.80. The normalized spacial score (nSPS) is 18.1. The molecule has 3 nitrogen and oxygen atoms in total. The first-order valence-corrected chi connectivity index (χ1v) is 7.16. The van der Waals surface area contributed by atoms with Gasteiger partial charge in [0.1, 0.15) is 0 Å². The number of benzene rings is 1. The number of aryl methyl sites for hydroxylation is 2. The van der Waals surface area contributed by atoms with Gasteiger partial charge in [-0.25, -0.2) is 4.79 Å². The van der Waals surface area contributed by atoms with E-state index in [4.69, 9.17) is 4.98 Å². The van der Waals surface area contributed by atoms with Crippen molar-refractivity contribution in [2.45, 2.75) is 46.0 Å². The quantitative estimate of drug-likeness (QED) is 0.851. The predicted molar refractivity (Wildman–Crippen MR) is 79.5 cm³/mol. The number of rotatable bonds is 1. The number of carboxylic acids is 1. The molecule has 1 aliphatic carbocycles. The molecule has 1 unspecified atom stereocenters. The van der Waals surface area contributed by atoms with Crippen LogP contribution in [0.4, 0.5) is 0 Å². The van der Waals surface area contributed by atoms with Crippen molar-refractivity contribution >= 4 is 16.9 Å². The van der Waals surface area contributed by atoms with Crippen molar-refractivity contribution in [3.63, 3.8) is 0 Å². The fraction of sp³-hybridized carbons (Fsp3) is 0.412. The summed E-state index contributed by atoms with van der Waals surface area (Å²) < 4.78 is 0. The lowest BCUT2D eigenvalue weighted by atomic mass is 9.83. The highest BCUT2D eigenvalue weighted by atomic mass is 16.4. The third-order valence-corrected chi connectivity index (χ3v) is 4.43. The summed E-state index contributed by atoms with van der Waals surface area (Å²) in [6, 6.07) is 4.01. The Morgan fingerprint density at radius 1 is 1.30 bits per heavy atom. The molecule has 0 bridgehead atoms. The van der Waals surface area contributed by atoms with Gasteiger partial charge in [0.2, 0.25) is 0 Å². The maximum atomic E-state index is 11.8. The molecule has 3 rings (SSSR count). The fourth-order valence-electron chi connectivity index (χ4n) is 3.34. The molecule has 1 N–H and O–H groups in total. The smallest absolute Gasteiger partial charge is 0.336 e. The van der Waals surface area contributed by atoms with Gasteiger partial charge in [-0.15, -0.1) is 0 Å². The van der Waals surface area contributed by atoms with Crippen molar-refractivity contribution in [3.8, 4) is 0 Å². The fourth-order valence-corrected chi connectivity index (χ4v) is 3.34. The number of carbonyl (C=O) groups is 1. The lowest BCUT2D eigenvalue weighted by molar-refractivity contribution is 0.0697. The minimum Gasteiger partial charge on any atom is -0.478 e. The monoisotopic (exact) mass is 269 g/mol. The maximum Gasteiger partial charge on any atom is 0.336 e. The van der Waals surface area contributed by atoms with Crippen LogP contribution in [0.5, 0.6) is 0 Å². The Morgan fingerprint density at radius 2 is 2.00 bits per heavy atom. The average Bonchev–Trinajstić information content (AvgIpc) is 2.41. The zero-order valence-electron chi connectivity index (χ0n) is 12.2. The van der Waals surface area contributed by atoms with Crippen molar-refractivity contribution in [2.75, 3.05) is 0 Å². The number of pyridine rings is 1. The standard InChI is InChI=1S/C17H19NO2/c1-9-7-8-11(3)16-13(9)14(17(19)20)12-6-4-5-10(2)15(12)18-16/h7-8,10H,4-6H2,1-3H3,(H,19,20). The van der Waals surface area contributed by atoms with E-state index < -0.39 is 5.97 Å². The Kier molecular flexibility index (Phi) is 3.00. The second-order valence-corrected chi connectivity index (χ2v) is 5.87. The summed E-state index contributed by atoms with van der Waals surface area (Å²) in [5.74, 6) is -0.474. The molecule has 3 heteroatoms. The van der Waals surface area contributed by atoms with Crippen LogP contribution in [0.15, 0.2) is 12.1 Å². The summed E-state index contributed by atoms with van der Waals surface area (Å²) in [6.07, 6.45) is 2.97. The Morgan fingerprint density at radius 3 is 2.70 bits per heavy atom. The number of aromatic nitrogens is 1. The van der Waals surface area contributed by atoms with Crippen LogP contribution >= 0.6 is 0 Å². The van der Waals surface area contributed by atoms with E-state index in [-0.39, 0.29) is 0 Å². The van der Waals surface area contributed by atoms with Gasteiger partial charge in [0.25, 0.3) is 0 Å². The van der Waals surface area contributed by atoms with Gasteiger partial charge in [0.15, 0.2) is 0 Å². The number of nitrogens with zero attached hydrogens (tertiary/aromatic N) is 1. The molecule has 0 spiro atoms. The lowest BCUT2D eigenvalue weighted by Crippen LogP contribution is -2.16. The maximum absolute atomic E-state index is 11.8. The largest absolute Gasteiger partial charge is 0.478 e. The van der Waals surface area contributed by atoms with E-state index in [1.807, 2.05) is 26.0 Å². The van der Waals surface area contributed by atoms with Crippen LogP contribution in [-0.2, 0) is 6.42 Å². The van der Waals surface area contributed by atoms with Crippen molar-refractivity contribution in [3.05, 3.63) is 40.1 Å². The molecule has 1 aromatic heterocycles. The highest BCUT2D eigenvalue weighted by Crippen LogP contribution is 2.37. The van der Waals surface area contributed by atoms with E-state index in [2.05, 4.69) is 6.92 Å². The topological polar surface area (TPSA) is 50.2 Å². The summed E-state index contributed by atoms with van der Waals surface area (Å²) >= 11 is 0. The van der Waals surface area contributed by atoms with Crippen molar-refractivity contribution in [1.82, 2.24) is 4.98 Å². The van der Waals surface area contributed by atoms with Crippen LogP contribution in [0.25, 0.3) is 10.9 Å². The molecule has 0 amide bonds. The van der Waals surface area contributed by atoms with E-state index in [0.717, 1.165) is 52.5 Å². The van der Waals surface area contributed by atoms with Crippen LogP contribution < -0.4 is 0 Å². The highest BCUT2D eigenvalue weighted by molar-refractivity contribution is 6.06. The Hall–Kier alpha value is -1.90. The minimum atomic E-state index is -0.823. The van der Waals surface area contributed by atoms with Gasteiger partial charge in [0.05, 0.1) is 11.1 Å². The number of hydrogen-bond donors (Lipinski definition) is 1. The SMILES string of the molecule is Cc1ccc(C)c2c(C(=O)O)c3c(nc12)C(C)CCC3. The zero-order valence-corrected chi connectivity index (χ0v) is 12.2. The van der Waals surface area contributed by atoms with E-state index in [0.29, 0.717) is 11.5 Å². The summed E-state index contributed by atoms with van der Waals surface area (Å²) in [5, 5.41) is 10.5. The van der Waals surface area contributed by atoms with Crippen molar-refractivity contribution in [1.29, 1.82) is 0 Å². The van der Waals surface area contributed by atoms with Gasteiger partial charge in [-0.2, -0.15) is 0 Å². The molecule has 1 aromatic carbocycles. The van der Waals surface area contributed by atoms with Gasteiger partial charge in [0, 0.05) is 11.1 Å². The molecule has 0 fully saturated rings. The summed E-state index contributed by atoms with van der Waals surface area (Å²) in [7, 11) is 0. The van der Waals surface area contributed by atoms with Gasteiger partial charge in [-0.3, -0.25) is 4.98 Å². The number of hydrogen-bond acceptors (Lipinski definition) is 2. The first-order chi connectivity index (χ1) is 9.50. The van der Waals surface area contributed by atoms with Crippen molar-refractivity contribution in [2.24, 2.45) is 0 Å². The lowest BCUT2D eigenvalue weighted by Gasteiger charge is -2.24. The Bertz CT molecular complexity index is 719. The molecule has 0 aliphatic heterocycles. The minimum absolute atomic E-state index is 0.348. The molecule has 0 saturated carbocycles. The molecule has 0 radical (unpaired) electrons. The number of aromatic carboxylic acids is 1. The molecule has 1 atom stereocenters. The van der Waals surface area contributed by atoms with Crippen LogP contribution in [-0.4, -0.2) is 16.1 Å².